The van der Waals surface area contributed by atoms with Gasteiger partial charge in [-0.25, -0.2) is 0 Å². The maximum atomic E-state index is 5.90. The number of hydrogen-bond donors (Lipinski definition) is 1. The molecule has 0 aliphatic carbocycles. The molecule has 22 heavy (non-hydrogen) atoms. The van der Waals surface area contributed by atoms with Gasteiger partial charge in [0.1, 0.15) is 5.75 Å². The molecule has 1 fully saturated rings. The first-order valence-electron chi connectivity index (χ1n) is 8.43. The quantitative estimate of drug-likeness (QED) is 0.925. The number of aryl methyl sites for hydroxylation is 1. The number of nitrogens with two attached hydrogens (primary N) is 1. The van der Waals surface area contributed by atoms with E-state index in [0.29, 0.717) is 12.0 Å². The molecule has 1 aromatic carbocycles. The van der Waals surface area contributed by atoms with Gasteiger partial charge in [-0.15, -0.1) is 0 Å². The van der Waals surface area contributed by atoms with Gasteiger partial charge >= 0.3 is 0 Å². The van der Waals surface area contributed by atoms with Crippen LogP contribution in [-0.2, 0) is 11.8 Å². The van der Waals surface area contributed by atoms with Crippen molar-refractivity contribution in [1.29, 1.82) is 0 Å². The molecule has 2 atom stereocenters. The minimum absolute atomic E-state index is 0.0791. The van der Waals surface area contributed by atoms with Crippen LogP contribution >= 0.6 is 0 Å². The zero-order valence-electron chi connectivity index (χ0n) is 15.1. The van der Waals surface area contributed by atoms with E-state index in [4.69, 9.17) is 10.5 Å². The highest BCUT2D eigenvalue weighted by Gasteiger charge is 2.33. The average molecular weight is 304 g/mol. The van der Waals surface area contributed by atoms with Crippen LogP contribution in [0.3, 0.4) is 0 Å². The molecule has 1 aliphatic rings. The van der Waals surface area contributed by atoms with E-state index < -0.39 is 0 Å². The van der Waals surface area contributed by atoms with Crippen molar-refractivity contribution in [3.05, 3.63) is 28.8 Å². The maximum Gasteiger partial charge on any atom is 0.127 e. The molecule has 0 saturated carbocycles. The van der Waals surface area contributed by atoms with E-state index in [1.807, 2.05) is 0 Å². The van der Waals surface area contributed by atoms with Crippen LogP contribution in [0.1, 0.15) is 56.8 Å². The van der Waals surface area contributed by atoms with Crippen LogP contribution in [0.2, 0.25) is 0 Å². The second-order valence-corrected chi connectivity index (χ2v) is 7.66. The van der Waals surface area contributed by atoms with Crippen LogP contribution in [0.5, 0.6) is 5.75 Å². The number of rotatable bonds is 4. The van der Waals surface area contributed by atoms with Gasteiger partial charge in [-0.2, -0.15) is 0 Å². The first-order chi connectivity index (χ1) is 10.3. The lowest BCUT2D eigenvalue weighted by atomic mass is 9.82. The van der Waals surface area contributed by atoms with E-state index in [-0.39, 0.29) is 5.41 Å². The second kappa shape index (κ2) is 6.59. The van der Waals surface area contributed by atoms with Gasteiger partial charge in [0, 0.05) is 23.7 Å². The third kappa shape index (κ3) is 3.31. The van der Waals surface area contributed by atoms with Gasteiger partial charge in [-0.3, -0.25) is 4.90 Å². The van der Waals surface area contributed by atoms with Crippen LogP contribution in [0, 0.1) is 5.92 Å². The van der Waals surface area contributed by atoms with Crippen LogP contribution in [0.15, 0.2) is 12.1 Å². The van der Waals surface area contributed by atoms with Crippen molar-refractivity contribution in [2.24, 2.45) is 11.7 Å². The minimum Gasteiger partial charge on any atom is -0.496 e. The number of nitrogens with zero attached hydrogens (tertiary/aromatic N) is 1. The number of methoxy groups -OCH3 is 1. The molecule has 2 N–H and O–H groups in total. The van der Waals surface area contributed by atoms with Crippen LogP contribution < -0.4 is 10.5 Å². The predicted molar refractivity (Wildman–Crippen MR) is 93.6 cm³/mol. The van der Waals surface area contributed by atoms with Gasteiger partial charge in [0.15, 0.2) is 0 Å². The van der Waals surface area contributed by atoms with Gasteiger partial charge < -0.3 is 10.5 Å². The van der Waals surface area contributed by atoms with Gasteiger partial charge in [-0.1, -0.05) is 39.8 Å². The van der Waals surface area contributed by atoms with Crippen LogP contribution in [0.25, 0.3) is 0 Å². The number of ether oxygens (including phenoxy) is 1. The van der Waals surface area contributed by atoms with Crippen molar-refractivity contribution >= 4 is 0 Å². The molecule has 0 amide bonds. The number of hydrogen-bond acceptors (Lipinski definition) is 3. The summed E-state index contributed by atoms with van der Waals surface area (Å²) in [5, 5.41) is 0. The van der Waals surface area contributed by atoms with E-state index in [1.54, 1.807) is 7.11 Å². The Kier molecular flexibility index (Phi) is 5.18. The first-order valence-corrected chi connectivity index (χ1v) is 8.43. The molecular formula is C19H32N2O. The maximum absolute atomic E-state index is 5.90. The summed E-state index contributed by atoms with van der Waals surface area (Å²) in [5.41, 5.74) is 10.0. The summed E-state index contributed by atoms with van der Waals surface area (Å²) in [6.45, 7) is 10.8. The lowest BCUT2D eigenvalue weighted by Gasteiger charge is -2.29. The Morgan fingerprint density at radius 2 is 2.00 bits per heavy atom. The fraction of sp³-hybridized carbons (Fsp3) is 0.684. The molecule has 0 spiro atoms. The molecule has 3 heteroatoms. The highest BCUT2D eigenvalue weighted by atomic mass is 16.5. The third-order valence-electron chi connectivity index (χ3n) is 4.92. The monoisotopic (exact) mass is 304 g/mol. The summed E-state index contributed by atoms with van der Waals surface area (Å²) in [6.07, 6.45) is 2.18. The zero-order valence-corrected chi connectivity index (χ0v) is 15.1. The smallest absolute Gasteiger partial charge is 0.127 e. The predicted octanol–water partition coefficient (Wildman–Crippen LogP) is 3.51. The summed E-state index contributed by atoms with van der Waals surface area (Å²) in [6, 6.07) is 5.07. The highest BCUT2D eigenvalue weighted by Crippen LogP contribution is 2.43. The van der Waals surface area contributed by atoms with E-state index in [9.17, 15) is 0 Å². The standard InChI is InChI=1S/C19H32N2O/c1-7-13-8-15(17-10-14(11-20)12-21(17)5)18(22-6)16(9-13)19(2,3)4/h8-9,14,17H,7,10-12,20H2,1-6H3. The van der Waals surface area contributed by atoms with Crippen molar-refractivity contribution in [2.45, 2.75) is 52.0 Å². The van der Waals surface area contributed by atoms with Crippen LogP contribution in [-0.4, -0.2) is 32.1 Å². The fourth-order valence-corrected chi connectivity index (χ4v) is 3.59. The first kappa shape index (κ1) is 17.3. The number of likely N-dealkylation sites (tertiary alicyclic amines) is 1. The van der Waals surface area contributed by atoms with Gasteiger partial charge in [0.25, 0.3) is 0 Å². The largest absolute Gasteiger partial charge is 0.496 e. The molecule has 1 aliphatic heterocycles. The molecule has 0 radical (unpaired) electrons. The Labute approximate surface area is 135 Å². The Bertz CT molecular complexity index is 519. The summed E-state index contributed by atoms with van der Waals surface area (Å²) in [7, 11) is 4.00. The fourth-order valence-electron chi connectivity index (χ4n) is 3.59. The zero-order chi connectivity index (χ0) is 16.5. The van der Waals surface area contributed by atoms with E-state index in [0.717, 1.165) is 31.7 Å². The highest BCUT2D eigenvalue weighted by molar-refractivity contribution is 5.49. The minimum atomic E-state index is 0.0791. The van der Waals surface area contributed by atoms with Crippen molar-refractivity contribution in [3.8, 4) is 5.75 Å². The Morgan fingerprint density at radius 1 is 1.32 bits per heavy atom. The molecule has 0 bridgehead atoms. The normalized spacial score (nSPS) is 23.0. The summed E-state index contributed by atoms with van der Waals surface area (Å²) in [4.78, 5) is 2.43. The molecule has 1 aromatic rings. The Hall–Kier alpha value is -1.06. The molecular weight excluding hydrogens is 272 g/mol. The average Bonchev–Trinajstić information content (AvgIpc) is 2.85. The van der Waals surface area contributed by atoms with Gasteiger partial charge in [0.05, 0.1) is 7.11 Å². The van der Waals surface area contributed by atoms with Crippen LogP contribution in [0.4, 0.5) is 0 Å². The van der Waals surface area contributed by atoms with E-state index >= 15 is 0 Å². The summed E-state index contributed by atoms with van der Waals surface area (Å²) >= 11 is 0. The SMILES string of the molecule is CCc1cc(C2CC(CN)CN2C)c(OC)c(C(C)(C)C)c1. The molecule has 0 aromatic heterocycles. The molecule has 3 nitrogen and oxygen atoms in total. The molecule has 2 rings (SSSR count). The third-order valence-corrected chi connectivity index (χ3v) is 4.92. The summed E-state index contributed by atoms with van der Waals surface area (Å²) in [5.74, 6) is 1.65. The second-order valence-electron chi connectivity index (χ2n) is 7.66. The molecule has 2 unspecified atom stereocenters. The van der Waals surface area contributed by atoms with Crippen molar-refractivity contribution < 1.29 is 4.74 Å². The lowest BCUT2D eigenvalue weighted by molar-refractivity contribution is 0.300. The van der Waals surface area contributed by atoms with Gasteiger partial charge in [-0.05, 0) is 43.3 Å². The van der Waals surface area contributed by atoms with Crippen molar-refractivity contribution in [3.63, 3.8) is 0 Å². The Morgan fingerprint density at radius 3 is 2.45 bits per heavy atom. The van der Waals surface area contributed by atoms with Crippen molar-refractivity contribution in [1.82, 2.24) is 4.90 Å². The topological polar surface area (TPSA) is 38.5 Å². The molecule has 1 saturated heterocycles. The van der Waals surface area contributed by atoms with Gasteiger partial charge in [0.2, 0.25) is 0 Å². The van der Waals surface area contributed by atoms with E-state index in [2.05, 4.69) is 51.8 Å². The van der Waals surface area contributed by atoms with Crippen molar-refractivity contribution in [2.75, 3.05) is 27.2 Å². The summed E-state index contributed by atoms with van der Waals surface area (Å²) < 4.78 is 5.87. The van der Waals surface area contributed by atoms with E-state index in [1.165, 1.54) is 16.7 Å². The Balaban J connectivity index is 2.54. The number of benzene rings is 1. The lowest BCUT2D eigenvalue weighted by Crippen LogP contribution is -2.22. The molecule has 1 heterocycles. The molecule has 124 valence electrons.